The highest BCUT2D eigenvalue weighted by molar-refractivity contribution is 7.16. The standard InChI is InChI=1S/C15H16N4S2/c16-14-12-4-6-21-15(12)18-13(17-14)8-19(11-1-2-11)7-10-3-5-20-9-10/h3-6,9,11H,1-2,7-8H2,(H2,16,17,18). The molecule has 0 aliphatic heterocycles. The predicted octanol–water partition coefficient (Wildman–Crippen LogP) is 3.50. The fourth-order valence-electron chi connectivity index (χ4n) is 2.55. The van der Waals surface area contributed by atoms with Gasteiger partial charge in [-0.05, 0) is 46.7 Å². The maximum atomic E-state index is 6.04. The zero-order valence-corrected chi connectivity index (χ0v) is 13.2. The lowest BCUT2D eigenvalue weighted by Crippen LogP contribution is -2.26. The lowest BCUT2D eigenvalue weighted by atomic mass is 10.3. The quantitative estimate of drug-likeness (QED) is 0.783. The van der Waals surface area contributed by atoms with E-state index in [1.165, 1.54) is 18.4 Å². The Bertz CT molecular complexity index is 746. The van der Waals surface area contributed by atoms with Crippen molar-refractivity contribution >= 4 is 38.7 Å². The molecule has 0 radical (unpaired) electrons. The number of nitrogens with two attached hydrogens (primary N) is 1. The third-order valence-corrected chi connectivity index (χ3v) is 5.31. The molecule has 0 aromatic carbocycles. The molecule has 4 nitrogen and oxygen atoms in total. The van der Waals surface area contributed by atoms with E-state index in [4.69, 9.17) is 5.73 Å². The molecule has 3 aromatic heterocycles. The van der Waals surface area contributed by atoms with Crippen LogP contribution in [-0.4, -0.2) is 20.9 Å². The van der Waals surface area contributed by atoms with E-state index in [2.05, 4.69) is 31.7 Å². The summed E-state index contributed by atoms with van der Waals surface area (Å²) < 4.78 is 0. The summed E-state index contributed by atoms with van der Waals surface area (Å²) in [6, 6.07) is 4.86. The Balaban J connectivity index is 1.58. The Hall–Kier alpha value is -1.50. The highest BCUT2D eigenvalue weighted by Gasteiger charge is 2.29. The van der Waals surface area contributed by atoms with Gasteiger partial charge in [0.05, 0.1) is 11.9 Å². The maximum absolute atomic E-state index is 6.04. The van der Waals surface area contributed by atoms with E-state index >= 15 is 0 Å². The Labute approximate surface area is 131 Å². The number of aromatic nitrogens is 2. The second kappa shape index (κ2) is 5.36. The van der Waals surface area contributed by atoms with Crippen LogP contribution in [0.4, 0.5) is 5.82 Å². The molecule has 1 aliphatic rings. The first-order chi connectivity index (χ1) is 10.3. The minimum Gasteiger partial charge on any atom is -0.383 e. The molecule has 6 heteroatoms. The van der Waals surface area contributed by atoms with Gasteiger partial charge >= 0.3 is 0 Å². The summed E-state index contributed by atoms with van der Waals surface area (Å²) in [6.07, 6.45) is 2.56. The van der Waals surface area contributed by atoms with E-state index in [0.29, 0.717) is 11.9 Å². The van der Waals surface area contributed by atoms with Crippen molar-refractivity contribution in [3.8, 4) is 0 Å². The van der Waals surface area contributed by atoms with Gasteiger partial charge in [-0.3, -0.25) is 4.90 Å². The van der Waals surface area contributed by atoms with E-state index in [0.717, 1.165) is 29.1 Å². The molecule has 0 bridgehead atoms. The van der Waals surface area contributed by atoms with Crippen LogP contribution in [0.25, 0.3) is 10.2 Å². The van der Waals surface area contributed by atoms with Crippen LogP contribution in [0, 0.1) is 0 Å². The van der Waals surface area contributed by atoms with Crippen LogP contribution in [-0.2, 0) is 13.1 Å². The van der Waals surface area contributed by atoms with Crippen LogP contribution in [0.15, 0.2) is 28.3 Å². The smallest absolute Gasteiger partial charge is 0.146 e. The molecule has 3 aromatic rings. The van der Waals surface area contributed by atoms with Crippen LogP contribution in [0.2, 0.25) is 0 Å². The second-order valence-electron chi connectivity index (χ2n) is 5.43. The molecule has 0 atom stereocenters. The Morgan fingerprint density at radius 3 is 2.86 bits per heavy atom. The van der Waals surface area contributed by atoms with Gasteiger partial charge in [0, 0.05) is 12.6 Å². The number of thiophene rings is 2. The van der Waals surface area contributed by atoms with E-state index in [-0.39, 0.29) is 0 Å². The molecule has 3 heterocycles. The van der Waals surface area contributed by atoms with E-state index in [9.17, 15) is 0 Å². The van der Waals surface area contributed by atoms with Gasteiger partial charge in [-0.1, -0.05) is 0 Å². The van der Waals surface area contributed by atoms with Gasteiger partial charge in [0.15, 0.2) is 0 Å². The van der Waals surface area contributed by atoms with Gasteiger partial charge in [0.25, 0.3) is 0 Å². The van der Waals surface area contributed by atoms with Crippen molar-refractivity contribution in [2.45, 2.75) is 32.0 Å². The lowest BCUT2D eigenvalue weighted by molar-refractivity contribution is 0.240. The summed E-state index contributed by atoms with van der Waals surface area (Å²) in [5, 5.41) is 7.34. The first kappa shape index (κ1) is 13.2. The molecule has 4 rings (SSSR count). The van der Waals surface area contributed by atoms with E-state index < -0.39 is 0 Å². The van der Waals surface area contributed by atoms with Crippen molar-refractivity contribution in [2.75, 3.05) is 5.73 Å². The topological polar surface area (TPSA) is 55.0 Å². The largest absolute Gasteiger partial charge is 0.383 e. The van der Waals surface area contributed by atoms with Gasteiger partial charge < -0.3 is 5.73 Å². The molecule has 0 saturated heterocycles. The summed E-state index contributed by atoms with van der Waals surface area (Å²) in [4.78, 5) is 12.6. The van der Waals surface area contributed by atoms with Crippen molar-refractivity contribution in [3.63, 3.8) is 0 Å². The third kappa shape index (κ3) is 2.79. The van der Waals surface area contributed by atoms with Crippen molar-refractivity contribution in [1.82, 2.24) is 14.9 Å². The van der Waals surface area contributed by atoms with Crippen molar-refractivity contribution in [1.29, 1.82) is 0 Å². The lowest BCUT2D eigenvalue weighted by Gasteiger charge is -2.20. The number of anilines is 1. The predicted molar refractivity (Wildman–Crippen MR) is 88.4 cm³/mol. The van der Waals surface area contributed by atoms with Crippen molar-refractivity contribution in [3.05, 3.63) is 39.7 Å². The summed E-state index contributed by atoms with van der Waals surface area (Å²) in [5.41, 5.74) is 7.42. The van der Waals surface area contributed by atoms with Gasteiger partial charge in [-0.15, -0.1) is 11.3 Å². The highest BCUT2D eigenvalue weighted by Crippen LogP contribution is 2.30. The fourth-order valence-corrected chi connectivity index (χ4v) is 4.00. The molecule has 1 aliphatic carbocycles. The SMILES string of the molecule is Nc1nc(CN(Cc2ccsc2)C2CC2)nc2sccc12. The molecule has 1 saturated carbocycles. The number of hydrogen-bond donors (Lipinski definition) is 1. The highest BCUT2D eigenvalue weighted by atomic mass is 32.1. The molecule has 0 amide bonds. The molecule has 21 heavy (non-hydrogen) atoms. The van der Waals surface area contributed by atoms with E-state index in [1.54, 1.807) is 22.7 Å². The van der Waals surface area contributed by atoms with Gasteiger partial charge in [0.2, 0.25) is 0 Å². The summed E-state index contributed by atoms with van der Waals surface area (Å²) >= 11 is 3.37. The van der Waals surface area contributed by atoms with Crippen LogP contribution in [0.3, 0.4) is 0 Å². The van der Waals surface area contributed by atoms with Crippen LogP contribution < -0.4 is 5.73 Å². The van der Waals surface area contributed by atoms with E-state index in [1.807, 2.05) is 11.4 Å². The fraction of sp³-hybridized carbons (Fsp3) is 0.333. The van der Waals surface area contributed by atoms with Gasteiger partial charge in [-0.25, -0.2) is 9.97 Å². The number of rotatable bonds is 5. The van der Waals surface area contributed by atoms with Crippen LogP contribution in [0.5, 0.6) is 0 Å². The monoisotopic (exact) mass is 316 g/mol. The zero-order valence-electron chi connectivity index (χ0n) is 11.5. The molecule has 0 spiro atoms. The molecule has 0 unspecified atom stereocenters. The average Bonchev–Trinajstić information content (AvgIpc) is 2.98. The molecular formula is C15H16N4S2. The molecule has 2 N–H and O–H groups in total. The maximum Gasteiger partial charge on any atom is 0.146 e. The normalized spacial score (nSPS) is 15.1. The van der Waals surface area contributed by atoms with Crippen molar-refractivity contribution < 1.29 is 0 Å². The van der Waals surface area contributed by atoms with Gasteiger partial charge in [-0.2, -0.15) is 11.3 Å². The number of nitrogens with zero attached hydrogens (tertiary/aromatic N) is 3. The first-order valence-corrected chi connectivity index (χ1v) is 8.86. The Morgan fingerprint density at radius 1 is 1.19 bits per heavy atom. The summed E-state index contributed by atoms with van der Waals surface area (Å²) in [6.45, 7) is 1.75. The third-order valence-electron chi connectivity index (χ3n) is 3.77. The number of fused-ring (bicyclic) bond motifs is 1. The molecular weight excluding hydrogens is 300 g/mol. The summed E-state index contributed by atoms with van der Waals surface area (Å²) in [7, 11) is 0. The average molecular weight is 316 g/mol. The number of nitrogen functional groups attached to an aromatic ring is 1. The van der Waals surface area contributed by atoms with Crippen LogP contribution in [0.1, 0.15) is 24.2 Å². The minimum atomic E-state index is 0.600. The second-order valence-corrected chi connectivity index (χ2v) is 7.11. The van der Waals surface area contributed by atoms with Crippen molar-refractivity contribution in [2.24, 2.45) is 0 Å². The Kier molecular flexibility index (Phi) is 3.37. The Morgan fingerprint density at radius 2 is 2.10 bits per heavy atom. The molecule has 1 fully saturated rings. The van der Waals surface area contributed by atoms with Crippen LogP contribution >= 0.6 is 22.7 Å². The minimum absolute atomic E-state index is 0.600. The zero-order chi connectivity index (χ0) is 14.2. The first-order valence-electron chi connectivity index (χ1n) is 7.04. The summed E-state index contributed by atoms with van der Waals surface area (Å²) in [5.74, 6) is 1.44. The number of hydrogen-bond acceptors (Lipinski definition) is 6. The van der Waals surface area contributed by atoms with Gasteiger partial charge in [0.1, 0.15) is 16.5 Å². The molecule has 108 valence electrons.